The summed E-state index contributed by atoms with van der Waals surface area (Å²) in [7, 11) is 0. The highest BCUT2D eigenvalue weighted by Gasteiger charge is 2.13. The van der Waals surface area contributed by atoms with E-state index in [0.717, 1.165) is 36.6 Å². The SMILES string of the molecule is Nc1ccccc1CCC(=O)NCCC1CCCCC1. The molecule has 20 heavy (non-hydrogen) atoms. The smallest absolute Gasteiger partial charge is 0.220 e. The van der Waals surface area contributed by atoms with Gasteiger partial charge >= 0.3 is 0 Å². The molecular weight excluding hydrogens is 248 g/mol. The second kappa shape index (κ2) is 7.93. The van der Waals surface area contributed by atoms with E-state index in [1.54, 1.807) is 0 Å². The number of carbonyl (C=O) groups excluding carboxylic acids is 1. The summed E-state index contributed by atoms with van der Waals surface area (Å²) in [5.41, 5.74) is 7.72. The number of anilines is 1. The van der Waals surface area contributed by atoms with Crippen molar-refractivity contribution in [3.8, 4) is 0 Å². The summed E-state index contributed by atoms with van der Waals surface area (Å²) in [4.78, 5) is 11.8. The van der Waals surface area contributed by atoms with Gasteiger partial charge in [0, 0.05) is 18.7 Å². The molecule has 1 aromatic carbocycles. The Morgan fingerprint density at radius 2 is 1.95 bits per heavy atom. The highest BCUT2D eigenvalue weighted by molar-refractivity contribution is 5.76. The molecule has 1 aromatic rings. The first-order chi connectivity index (χ1) is 9.75. The molecule has 0 aliphatic heterocycles. The van der Waals surface area contributed by atoms with Crippen molar-refractivity contribution < 1.29 is 4.79 Å². The number of nitrogens with two attached hydrogens (primary N) is 1. The Morgan fingerprint density at radius 3 is 2.70 bits per heavy atom. The minimum atomic E-state index is 0.143. The van der Waals surface area contributed by atoms with E-state index in [2.05, 4.69) is 5.32 Å². The lowest BCUT2D eigenvalue weighted by atomic mass is 9.87. The Bertz CT molecular complexity index is 425. The van der Waals surface area contributed by atoms with Crippen LogP contribution in [-0.4, -0.2) is 12.5 Å². The van der Waals surface area contributed by atoms with E-state index in [1.165, 1.54) is 32.1 Å². The average Bonchev–Trinajstić information content (AvgIpc) is 2.47. The summed E-state index contributed by atoms with van der Waals surface area (Å²) >= 11 is 0. The monoisotopic (exact) mass is 274 g/mol. The number of aryl methyl sites for hydroxylation is 1. The normalized spacial score (nSPS) is 16.0. The summed E-state index contributed by atoms with van der Waals surface area (Å²) < 4.78 is 0. The Hall–Kier alpha value is -1.51. The van der Waals surface area contributed by atoms with Crippen molar-refractivity contribution in [1.82, 2.24) is 5.32 Å². The van der Waals surface area contributed by atoms with E-state index in [9.17, 15) is 4.79 Å². The third-order valence-electron chi connectivity index (χ3n) is 4.28. The van der Waals surface area contributed by atoms with Crippen LogP contribution < -0.4 is 11.1 Å². The van der Waals surface area contributed by atoms with Crippen molar-refractivity contribution in [3.63, 3.8) is 0 Å². The van der Waals surface area contributed by atoms with Crippen LogP contribution in [0.2, 0.25) is 0 Å². The maximum Gasteiger partial charge on any atom is 0.220 e. The van der Waals surface area contributed by atoms with Crippen molar-refractivity contribution in [2.45, 2.75) is 51.4 Å². The molecule has 0 saturated heterocycles. The number of para-hydroxylation sites is 1. The van der Waals surface area contributed by atoms with E-state index in [-0.39, 0.29) is 5.91 Å². The molecule has 1 saturated carbocycles. The third kappa shape index (κ3) is 4.87. The highest BCUT2D eigenvalue weighted by atomic mass is 16.1. The van der Waals surface area contributed by atoms with E-state index in [0.29, 0.717) is 6.42 Å². The van der Waals surface area contributed by atoms with Crippen molar-refractivity contribution in [2.24, 2.45) is 5.92 Å². The maximum atomic E-state index is 11.8. The Morgan fingerprint density at radius 1 is 1.20 bits per heavy atom. The molecule has 1 amide bonds. The molecular formula is C17H26N2O. The lowest BCUT2D eigenvalue weighted by molar-refractivity contribution is -0.121. The standard InChI is InChI=1S/C17H26N2O/c18-16-9-5-4-8-15(16)10-11-17(20)19-13-12-14-6-2-1-3-7-14/h4-5,8-9,14H,1-3,6-7,10-13,18H2,(H,19,20). The first-order valence-electron chi connectivity index (χ1n) is 7.86. The molecule has 3 heteroatoms. The maximum absolute atomic E-state index is 11.8. The van der Waals surface area contributed by atoms with Crippen molar-refractivity contribution >= 4 is 11.6 Å². The third-order valence-corrected chi connectivity index (χ3v) is 4.28. The van der Waals surface area contributed by atoms with Crippen LogP contribution in [0.25, 0.3) is 0 Å². The number of amides is 1. The zero-order valence-corrected chi connectivity index (χ0v) is 12.2. The quantitative estimate of drug-likeness (QED) is 0.782. The van der Waals surface area contributed by atoms with Gasteiger partial charge in [-0.2, -0.15) is 0 Å². The van der Waals surface area contributed by atoms with Gasteiger partial charge in [-0.3, -0.25) is 4.79 Å². The van der Waals surface area contributed by atoms with Crippen LogP contribution >= 0.6 is 0 Å². The molecule has 0 bridgehead atoms. The molecule has 0 heterocycles. The molecule has 1 fully saturated rings. The van der Waals surface area contributed by atoms with E-state index < -0.39 is 0 Å². The molecule has 0 radical (unpaired) electrons. The molecule has 1 aliphatic carbocycles. The summed E-state index contributed by atoms with van der Waals surface area (Å²) in [5, 5.41) is 3.04. The van der Waals surface area contributed by atoms with E-state index in [4.69, 9.17) is 5.73 Å². The van der Waals surface area contributed by atoms with E-state index in [1.807, 2.05) is 24.3 Å². The van der Waals surface area contributed by atoms with Crippen LogP contribution in [-0.2, 0) is 11.2 Å². The van der Waals surface area contributed by atoms with Crippen LogP contribution in [0, 0.1) is 5.92 Å². The predicted molar refractivity (Wildman–Crippen MR) is 83.4 cm³/mol. The average molecular weight is 274 g/mol. The zero-order chi connectivity index (χ0) is 14.2. The molecule has 0 atom stereocenters. The summed E-state index contributed by atoms with van der Waals surface area (Å²) in [6.07, 6.45) is 9.20. The molecule has 3 N–H and O–H groups in total. The van der Waals surface area contributed by atoms with Gasteiger partial charge in [-0.15, -0.1) is 0 Å². The molecule has 3 nitrogen and oxygen atoms in total. The number of carbonyl (C=O) groups is 1. The fourth-order valence-corrected chi connectivity index (χ4v) is 2.99. The second-order valence-corrected chi connectivity index (χ2v) is 5.84. The number of nitrogen functional groups attached to an aromatic ring is 1. The summed E-state index contributed by atoms with van der Waals surface area (Å²) in [6, 6.07) is 7.76. The van der Waals surface area contributed by atoms with Crippen molar-refractivity contribution in [3.05, 3.63) is 29.8 Å². The Labute approximate surface area is 121 Å². The van der Waals surface area contributed by atoms with Crippen LogP contribution in [0.4, 0.5) is 5.69 Å². The molecule has 110 valence electrons. The van der Waals surface area contributed by atoms with Crippen LogP contribution in [0.5, 0.6) is 0 Å². The van der Waals surface area contributed by atoms with Crippen LogP contribution in [0.15, 0.2) is 24.3 Å². The van der Waals surface area contributed by atoms with Gasteiger partial charge in [0.2, 0.25) is 5.91 Å². The van der Waals surface area contributed by atoms with Crippen molar-refractivity contribution in [2.75, 3.05) is 12.3 Å². The minimum absolute atomic E-state index is 0.143. The Balaban J connectivity index is 1.62. The zero-order valence-electron chi connectivity index (χ0n) is 12.2. The lowest BCUT2D eigenvalue weighted by Crippen LogP contribution is -2.26. The number of benzene rings is 1. The topological polar surface area (TPSA) is 55.1 Å². The van der Waals surface area contributed by atoms with E-state index >= 15 is 0 Å². The first kappa shape index (κ1) is 14.9. The van der Waals surface area contributed by atoms with Gasteiger partial charge in [0.15, 0.2) is 0 Å². The number of nitrogens with one attached hydrogen (secondary N) is 1. The van der Waals surface area contributed by atoms with Crippen LogP contribution in [0.1, 0.15) is 50.5 Å². The van der Waals surface area contributed by atoms with Gasteiger partial charge in [-0.25, -0.2) is 0 Å². The largest absolute Gasteiger partial charge is 0.399 e. The summed E-state index contributed by atoms with van der Waals surface area (Å²) in [5.74, 6) is 0.970. The van der Waals surface area contributed by atoms with Gasteiger partial charge < -0.3 is 11.1 Å². The fourth-order valence-electron chi connectivity index (χ4n) is 2.99. The van der Waals surface area contributed by atoms with Crippen LogP contribution in [0.3, 0.4) is 0 Å². The minimum Gasteiger partial charge on any atom is -0.399 e. The number of hydrogen-bond donors (Lipinski definition) is 2. The summed E-state index contributed by atoms with van der Waals surface area (Å²) in [6.45, 7) is 0.827. The van der Waals surface area contributed by atoms with Gasteiger partial charge in [0.25, 0.3) is 0 Å². The predicted octanol–water partition coefficient (Wildman–Crippen LogP) is 3.29. The second-order valence-electron chi connectivity index (χ2n) is 5.84. The fraction of sp³-hybridized carbons (Fsp3) is 0.588. The van der Waals surface area contributed by atoms with Crippen molar-refractivity contribution in [1.29, 1.82) is 0 Å². The van der Waals surface area contributed by atoms with Gasteiger partial charge in [-0.05, 0) is 30.4 Å². The number of rotatable bonds is 6. The van der Waals surface area contributed by atoms with Gasteiger partial charge in [-0.1, -0.05) is 50.3 Å². The van der Waals surface area contributed by atoms with Gasteiger partial charge in [0.05, 0.1) is 0 Å². The molecule has 0 aromatic heterocycles. The first-order valence-corrected chi connectivity index (χ1v) is 7.86. The molecule has 0 spiro atoms. The van der Waals surface area contributed by atoms with Gasteiger partial charge in [0.1, 0.15) is 0 Å². The molecule has 1 aliphatic rings. The molecule has 2 rings (SSSR count). The lowest BCUT2D eigenvalue weighted by Gasteiger charge is -2.21. The highest BCUT2D eigenvalue weighted by Crippen LogP contribution is 2.25. The molecule has 0 unspecified atom stereocenters. The number of hydrogen-bond acceptors (Lipinski definition) is 2. The Kier molecular flexibility index (Phi) is 5.90.